The van der Waals surface area contributed by atoms with Crippen LogP contribution in [0.25, 0.3) is 22.0 Å². The topological polar surface area (TPSA) is 104 Å². The summed E-state index contributed by atoms with van der Waals surface area (Å²) in [6.07, 6.45) is 3.13. The molecule has 2 unspecified atom stereocenters. The minimum Gasteiger partial charge on any atom is -0.493 e. The number of H-pyrrole nitrogens is 1. The molecular weight excluding hydrogens is 394 g/mol. The summed E-state index contributed by atoms with van der Waals surface area (Å²) in [5, 5.41) is 18.1. The zero-order valence-corrected chi connectivity index (χ0v) is 16.9. The van der Waals surface area contributed by atoms with E-state index in [0.29, 0.717) is 29.8 Å². The van der Waals surface area contributed by atoms with E-state index >= 15 is 0 Å². The van der Waals surface area contributed by atoms with E-state index in [1.807, 2.05) is 48.5 Å². The van der Waals surface area contributed by atoms with Crippen LogP contribution < -0.4 is 0 Å². The first-order valence-electron chi connectivity index (χ1n) is 10.0. The van der Waals surface area contributed by atoms with Crippen LogP contribution in [0.1, 0.15) is 23.2 Å². The van der Waals surface area contributed by atoms with Gasteiger partial charge in [0.15, 0.2) is 0 Å². The van der Waals surface area contributed by atoms with Gasteiger partial charge in [0.25, 0.3) is 0 Å². The van der Waals surface area contributed by atoms with Crippen LogP contribution in [-0.2, 0) is 4.74 Å². The first-order chi connectivity index (χ1) is 15.1. The number of hydrogen-bond acceptors (Lipinski definition) is 6. The molecule has 4 aromatic rings. The maximum atomic E-state index is 12.2. The van der Waals surface area contributed by atoms with Gasteiger partial charge in [0.1, 0.15) is 5.82 Å². The predicted octanol–water partition coefficient (Wildman–Crippen LogP) is 3.67. The number of aromatic nitrogens is 4. The molecule has 8 heteroatoms. The number of benzene rings is 2. The average Bonchev–Trinajstić information content (AvgIpc) is 3.49. The van der Waals surface area contributed by atoms with Gasteiger partial charge in [0.05, 0.1) is 24.2 Å². The van der Waals surface area contributed by atoms with E-state index < -0.39 is 0 Å². The smallest absolute Gasteiger partial charge is 0.409 e. The Morgan fingerprint density at radius 3 is 2.65 bits per heavy atom. The van der Waals surface area contributed by atoms with Crippen molar-refractivity contribution >= 4 is 17.0 Å². The Labute approximate surface area is 178 Å². The van der Waals surface area contributed by atoms with Gasteiger partial charge in [-0.2, -0.15) is 10.1 Å². The lowest BCUT2D eigenvalue weighted by molar-refractivity contribution is 0.132. The quantitative estimate of drug-likeness (QED) is 0.529. The Morgan fingerprint density at radius 1 is 1.10 bits per heavy atom. The molecule has 5 rings (SSSR count). The van der Waals surface area contributed by atoms with Crippen molar-refractivity contribution in [2.24, 2.45) is 0 Å². The second-order valence-corrected chi connectivity index (χ2v) is 7.62. The largest absolute Gasteiger partial charge is 0.493 e. The van der Waals surface area contributed by atoms with Gasteiger partial charge in [-0.3, -0.25) is 5.10 Å². The molecular formula is C23H21N5O3. The molecule has 0 saturated carbocycles. The zero-order valence-electron chi connectivity index (χ0n) is 16.9. The Morgan fingerprint density at radius 2 is 1.90 bits per heavy atom. The summed E-state index contributed by atoms with van der Waals surface area (Å²) in [5.74, 6) is 0.280. The molecule has 1 aliphatic heterocycles. The summed E-state index contributed by atoms with van der Waals surface area (Å²) in [6, 6.07) is 15.6. The molecule has 3 heterocycles. The fourth-order valence-electron chi connectivity index (χ4n) is 4.27. The van der Waals surface area contributed by atoms with Gasteiger partial charge in [-0.1, -0.05) is 36.4 Å². The van der Waals surface area contributed by atoms with Crippen molar-refractivity contribution in [3.63, 3.8) is 0 Å². The molecule has 0 spiro atoms. The van der Waals surface area contributed by atoms with Crippen LogP contribution in [0, 0.1) is 0 Å². The van der Waals surface area contributed by atoms with Crippen molar-refractivity contribution in [3.05, 3.63) is 72.3 Å². The number of aromatic hydroxyl groups is 1. The van der Waals surface area contributed by atoms with E-state index in [0.717, 1.165) is 16.7 Å². The van der Waals surface area contributed by atoms with E-state index in [1.165, 1.54) is 7.11 Å². The molecule has 0 radical (unpaired) electrons. The highest BCUT2D eigenvalue weighted by atomic mass is 16.5. The lowest BCUT2D eigenvalue weighted by Gasteiger charge is -2.18. The van der Waals surface area contributed by atoms with Gasteiger partial charge >= 0.3 is 6.09 Å². The van der Waals surface area contributed by atoms with E-state index in [1.54, 1.807) is 17.3 Å². The zero-order chi connectivity index (χ0) is 21.4. The van der Waals surface area contributed by atoms with Gasteiger partial charge in [-0.05, 0) is 23.3 Å². The van der Waals surface area contributed by atoms with Crippen LogP contribution in [-0.4, -0.2) is 56.5 Å². The van der Waals surface area contributed by atoms with Gasteiger partial charge in [-0.15, -0.1) is 0 Å². The maximum absolute atomic E-state index is 12.2. The molecule has 0 aliphatic carbocycles. The van der Waals surface area contributed by atoms with Crippen molar-refractivity contribution in [1.82, 2.24) is 25.1 Å². The number of likely N-dealkylation sites (tertiary alicyclic amines) is 1. The number of methoxy groups -OCH3 is 1. The molecule has 1 aliphatic rings. The third kappa shape index (κ3) is 3.46. The van der Waals surface area contributed by atoms with Crippen molar-refractivity contribution in [3.8, 4) is 17.0 Å². The Balaban J connectivity index is 1.56. The van der Waals surface area contributed by atoms with E-state index in [9.17, 15) is 9.90 Å². The lowest BCUT2D eigenvalue weighted by atomic mass is 9.88. The van der Waals surface area contributed by atoms with Crippen LogP contribution in [0.15, 0.2) is 60.9 Å². The average molecular weight is 415 g/mol. The molecule has 1 saturated heterocycles. The van der Waals surface area contributed by atoms with Gasteiger partial charge in [0.2, 0.25) is 5.88 Å². The number of hydrogen-bond donors (Lipinski definition) is 2. The molecule has 31 heavy (non-hydrogen) atoms. The highest BCUT2D eigenvalue weighted by Crippen LogP contribution is 2.40. The number of carbonyl (C=O) groups is 1. The number of rotatable bonds is 3. The number of nitrogens with one attached hydrogen (secondary N) is 1. The van der Waals surface area contributed by atoms with Crippen LogP contribution in [0.3, 0.4) is 0 Å². The Bertz CT molecular complexity index is 1230. The summed E-state index contributed by atoms with van der Waals surface area (Å²) < 4.78 is 4.93. The summed E-state index contributed by atoms with van der Waals surface area (Å²) in [6.45, 7) is 0.924. The van der Waals surface area contributed by atoms with Crippen LogP contribution in [0.4, 0.5) is 4.79 Å². The first kappa shape index (κ1) is 19.0. The standard InChI is InChI=1S/C23H21N5O3/c1-31-23(30)28-12-18(14-5-3-2-4-6-14)19(13-28)21-26-20-8-7-15(16-10-24-25-11-16)9-17(20)22(29)27-21/h2-11,18-19H,12-13H2,1H3,(H,24,25)(H,26,27,29). The second kappa shape index (κ2) is 7.71. The fraction of sp³-hybridized carbons (Fsp3) is 0.217. The number of aromatic amines is 1. The minimum absolute atomic E-state index is 0.00218. The molecule has 2 aromatic carbocycles. The molecule has 0 bridgehead atoms. The summed E-state index contributed by atoms with van der Waals surface area (Å²) in [5.41, 5.74) is 3.57. The maximum Gasteiger partial charge on any atom is 0.409 e. The van der Waals surface area contributed by atoms with E-state index in [4.69, 9.17) is 9.72 Å². The molecule has 8 nitrogen and oxygen atoms in total. The fourth-order valence-corrected chi connectivity index (χ4v) is 4.27. The molecule has 2 N–H and O–H groups in total. The van der Waals surface area contributed by atoms with Crippen molar-refractivity contribution in [2.75, 3.05) is 20.2 Å². The Hall–Kier alpha value is -3.94. The first-order valence-corrected chi connectivity index (χ1v) is 10.0. The monoisotopic (exact) mass is 415 g/mol. The van der Waals surface area contributed by atoms with Crippen molar-refractivity contribution < 1.29 is 14.6 Å². The van der Waals surface area contributed by atoms with Crippen molar-refractivity contribution in [2.45, 2.75) is 11.8 Å². The molecule has 2 aromatic heterocycles. The molecule has 1 amide bonds. The number of ether oxygens (including phenoxy) is 1. The number of fused-ring (bicyclic) bond motifs is 1. The summed E-state index contributed by atoms with van der Waals surface area (Å²) in [7, 11) is 1.38. The summed E-state index contributed by atoms with van der Waals surface area (Å²) in [4.78, 5) is 23.1. The number of nitrogens with zero attached hydrogens (tertiary/aromatic N) is 4. The molecule has 1 fully saturated rings. The van der Waals surface area contributed by atoms with Gasteiger partial charge in [-0.25, -0.2) is 9.78 Å². The second-order valence-electron chi connectivity index (χ2n) is 7.62. The van der Waals surface area contributed by atoms with E-state index in [2.05, 4.69) is 15.2 Å². The minimum atomic E-state index is -0.377. The third-order valence-electron chi connectivity index (χ3n) is 5.84. The SMILES string of the molecule is COC(=O)N1CC(c2ccccc2)C(c2nc(O)c3cc(-c4cn[nH]c4)ccc3n2)C1. The number of amides is 1. The van der Waals surface area contributed by atoms with Gasteiger partial charge < -0.3 is 14.7 Å². The van der Waals surface area contributed by atoms with Crippen LogP contribution in [0.5, 0.6) is 5.88 Å². The third-order valence-corrected chi connectivity index (χ3v) is 5.84. The number of carbonyl (C=O) groups excluding carboxylic acids is 1. The normalized spacial score (nSPS) is 18.4. The Kier molecular flexibility index (Phi) is 4.74. The predicted molar refractivity (Wildman–Crippen MR) is 115 cm³/mol. The highest BCUT2D eigenvalue weighted by molar-refractivity contribution is 5.88. The van der Waals surface area contributed by atoms with Crippen molar-refractivity contribution in [1.29, 1.82) is 0 Å². The van der Waals surface area contributed by atoms with E-state index in [-0.39, 0.29) is 23.8 Å². The lowest BCUT2D eigenvalue weighted by Crippen LogP contribution is -2.28. The molecule has 156 valence electrons. The van der Waals surface area contributed by atoms with Gasteiger partial charge in [0, 0.05) is 36.7 Å². The molecule has 2 atom stereocenters. The highest BCUT2D eigenvalue weighted by Gasteiger charge is 2.39. The van der Waals surface area contributed by atoms with Crippen LogP contribution in [0.2, 0.25) is 0 Å². The van der Waals surface area contributed by atoms with Crippen LogP contribution >= 0.6 is 0 Å². The summed E-state index contributed by atoms with van der Waals surface area (Å²) >= 11 is 0.